The number of pyridine rings is 1. The first-order valence-corrected chi connectivity index (χ1v) is 11.7. The van der Waals surface area contributed by atoms with Crippen LogP contribution < -0.4 is 5.32 Å². The normalized spacial score (nSPS) is 11.6. The Balaban J connectivity index is 0.00000306. The fraction of sp³-hybridized carbons (Fsp3) is 0.227. The van der Waals surface area contributed by atoms with Gasteiger partial charge < -0.3 is 5.32 Å². The maximum absolute atomic E-state index is 12.6. The molecule has 0 unspecified atom stereocenters. The number of hydrogen-bond donors (Lipinski definition) is 1. The molecule has 8 nitrogen and oxygen atoms in total. The van der Waals surface area contributed by atoms with Crippen LogP contribution in [0, 0.1) is 13.8 Å². The van der Waals surface area contributed by atoms with Gasteiger partial charge in [0, 0.05) is 44.2 Å². The summed E-state index contributed by atoms with van der Waals surface area (Å²) in [6.45, 7) is 4.37. The number of hydrogen-bond acceptors (Lipinski definition) is 6. The molecule has 0 bridgehead atoms. The summed E-state index contributed by atoms with van der Waals surface area (Å²) in [6.07, 6.45) is 1.77. The molecule has 0 radical (unpaired) electrons. The third-order valence-corrected chi connectivity index (χ3v) is 7.05. The van der Waals surface area contributed by atoms with Crippen molar-refractivity contribution in [1.82, 2.24) is 23.9 Å². The Morgan fingerprint density at radius 1 is 1.12 bits per heavy atom. The Morgan fingerprint density at radius 3 is 2.58 bits per heavy atom. The van der Waals surface area contributed by atoms with Crippen molar-refractivity contribution in [3.05, 3.63) is 70.8 Å². The molecule has 0 aliphatic rings. The van der Waals surface area contributed by atoms with Crippen LogP contribution in [0.5, 0.6) is 0 Å². The van der Waals surface area contributed by atoms with Gasteiger partial charge in [-0.2, -0.15) is 5.10 Å². The topological polar surface area (TPSA) is 92.5 Å². The van der Waals surface area contributed by atoms with Crippen molar-refractivity contribution in [2.45, 2.75) is 25.3 Å². The van der Waals surface area contributed by atoms with Crippen molar-refractivity contribution < 1.29 is 8.42 Å². The zero-order chi connectivity index (χ0) is 23.0. The highest BCUT2D eigenvalue weighted by molar-refractivity contribution is 7.89. The first kappa shape index (κ1) is 24.9. The number of nitrogens with one attached hydrogen (secondary N) is 1. The Kier molecular flexibility index (Phi) is 7.28. The van der Waals surface area contributed by atoms with Crippen LogP contribution in [-0.4, -0.2) is 46.4 Å². The highest BCUT2D eigenvalue weighted by Crippen LogP contribution is 2.30. The minimum Gasteiger partial charge on any atom is -0.378 e. The maximum atomic E-state index is 12.6. The Labute approximate surface area is 204 Å². The summed E-state index contributed by atoms with van der Waals surface area (Å²) in [7, 11) is -0.566. The van der Waals surface area contributed by atoms with E-state index in [0.29, 0.717) is 34.3 Å². The molecule has 11 heteroatoms. The van der Waals surface area contributed by atoms with Gasteiger partial charge in [-0.05, 0) is 43.7 Å². The second kappa shape index (κ2) is 9.64. The molecular weight excluding hydrogens is 483 g/mol. The molecule has 0 saturated heterocycles. The van der Waals surface area contributed by atoms with Crippen LogP contribution >= 0.6 is 24.0 Å². The minimum atomic E-state index is -3.58. The number of aryl methyl sites for hydroxylation is 2. The van der Waals surface area contributed by atoms with Gasteiger partial charge in [-0.15, -0.1) is 12.4 Å². The van der Waals surface area contributed by atoms with Gasteiger partial charge in [0.05, 0.1) is 22.0 Å². The number of anilines is 1. The lowest BCUT2D eigenvalue weighted by molar-refractivity contribution is 0.521. The Morgan fingerprint density at radius 2 is 1.88 bits per heavy atom. The molecule has 0 spiro atoms. The van der Waals surface area contributed by atoms with E-state index in [2.05, 4.69) is 15.4 Å². The summed E-state index contributed by atoms with van der Waals surface area (Å²) in [5.74, 6) is 0. The van der Waals surface area contributed by atoms with E-state index in [9.17, 15) is 8.42 Å². The SMILES string of the molecule is Cc1cc(CNc2cc(Cl)nn3c(-c4cccc(S(=O)(=O)N(C)C)c4)c(C)nc23)ccn1.Cl. The molecule has 0 fully saturated rings. The van der Waals surface area contributed by atoms with Crippen LogP contribution in [0.4, 0.5) is 5.69 Å². The summed E-state index contributed by atoms with van der Waals surface area (Å²) >= 11 is 6.33. The minimum absolute atomic E-state index is 0. The third kappa shape index (κ3) is 4.96. The summed E-state index contributed by atoms with van der Waals surface area (Å²) < 4.78 is 28.1. The van der Waals surface area contributed by atoms with Gasteiger partial charge in [0.1, 0.15) is 0 Å². The van der Waals surface area contributed by atoms with Gasteiger partial charge in [-0.1, -0.05) is 23.7 Å². The highest BCUT2D eigenvalue weighted by Gasteiger charge is 2.21. The monoisotopic (exact) mass is 506 g/mol. The molecule has 4 aromatic rings. The number of imidazole rings is 1. The molecule has 0 atom stereocenters. The van der Waals surface area contributed by atoms with Crippen LogP contribution in [0.3, 0.4) is 0 Å². The third-order valence-electron chi connectivity index (χ3n) is 5.06. The van der Waals surface area contributed by atoms with Crippen LogP contribution in [0.25, 0.3) is 16.9 Å². The second-order valence-corrected chi connectivity index (χ2v) is 10.2. The lowest BCUT2D eigenvalue weighted by Crippen LogP contribution is -2.22. The van der Waals surface area contributed by atoms with E-state index in [0.717, 1.165) is 16.9 Å². The molecule has 1 N–H and O–H groups in total. The van der Waals surface area contributed by atoms with Crippen LogP contribution in [0.15, 0.2) is 53.6 Å². The largest absolute Gasteiger partial charge is 0.378 e. The van der Waals surface area contributed by atoms with Gasteiger partial charge >= 0.3 is 0 Å². The van der Waals surface area contributed by atoms with Gasteiger partial charge in [0.15, 0.2) is 10.8 Å². The van der Waals surface area contributed by atoms with Crippen molar-refractivity contribution in [2.24, 2.45) is 0 Å². The van der Waals surface area contributed by atoms with Crippen LogP contribution in [-0.2, 0) is 16.6 Å². The van der Waals surface area contributed by atoms with Crippen molar-refractivity contribution in [3.8, 4) is 11.3 Å². The van der Waals surface area contributed by atoms with E-state index in [4.69, 9.17) is 16.6 Å². The molecule has 0 amide bonds. The first-order valence-electron chi connectivity index (χ1n) is 9.91. The quantitative estimate of drug-likeness (QED) is 0.417. The number of halogens is 2. The van der Waals surface area contributed by atoms with Crippen LogP contribution in [0.1, 0.15) is 17.0 Å². The van der Waals surface area contributed by atoms with E-state index in [1.165, 1.54) is 18.4 Å². The molecule has 0 saturated carbocycles. The Hall–Kier alpha value is -2.72. The lowest BCUT2D eigenvalue weighted by atomic mass is 10.1. The summed E-state index contributed by atoms with van der Waals surface area (Å²) in [4.78, 5) is 9.11. The Bertz CT molecular complexity index is 1420. The molecule has 33 heavy (non-hydrogen) atoms. The fourth-order valence-corrected chi connectivity index (χ4v) is 4.62. The van der Waals surface area contributed by atoms with Crippen molar-refractivity contribution >= 4 is 45.4 Å². The number of aromatic nitrogens is 4. The molecule has 4 rings (SSSR count). The van der Waals surface area contributed by atoms with Gasteiger partial charge in [0.2, 0.25) is 10.0 Å². The predicted molar refractivity (Wildman–Crippen MR) is 133 cm³/mol. The number of nitrogens with zero attached hydrogens (tertiary/aromatic N) is 5. The summed E-state index contributed by atoms with van der Waals surface area (Å²) in [6, 6.07) is 12.4. The number of benzene rings is 1. The molecule has 1 aromatic carbocycles. The van der Waals surface area contributed by atoms with Gasteiger partial charge in [-0.25, -0.2) is 22.2 Å². The zero-order valence-corrected chi connectivity index (χ0v) is 21.0. The number of rotatable bonds is 6. The van der Waals surface area contributed by atoms with Crippen molar-refractivity contribution in [1.29, 1.82) is 0 Å². The smallest absolute Gasteiger partial charge is 0.242 e. The molecule has 174 valence electrons. The van der Waals surface area contributed by atoms with E-state index < -0.39 is 10.0 Å². The fourth-order valence-electron chi connectivity index (χ4n) is 3.49. The first-order chi connectivity index (χ1) is 15.2. The highest BCUT2D eigenvalue weighted by atomic mass is 35.5. The van der Waals surface area contributed by atoms with Crippen molar-refractivity contribution in [3.63, 3.8) is 0 Å². The average Bonchev–Trinajstić information content (AvgIpc) is 3.07. The molecule has 3 aromatic heterocycles. The predicted octanol–water partition coefficient (Wildman–Crippen LogP) is 4.35. The zero-order valence-electron chi connectivity index (χ0n) is 18.6. The van der Waals surface area contributed by atoms with Gasteiger partial charge in [-0.3, -0.25) is 4.98 Å². The van der Waals surface area contributed by atoms with E-state index in [-0.39, 0.29) is 17.3 Å². The summed E-state index contributed by atoms with van der Waals surface area (Å²) in [5.41, 5.74) is 5.42. The molecular formula is C22H24Cl2N6O2S. The standard InChI is InChI=1S/C22H23ClN6O2S.ClH/c1-14-10-16(8-9-24-14)13-25-19-12-20(23)27-29-21(15(2)26-22(19)29)17-6-5-7-18(11-17)32(30,31)28(3)4;/h5-12,25H,13H2,1-4H3;1H. The number of sulfonamides is 1. The summed E-state index contributed by atoms with van der Waals surface area (Å²) in [5, 5.41) is 8.11. The van der Waals surface area contributed by atoms with Crippen LogP contribution in [0.2, 0.25) is 5.15 Å². The molecule has 0 aliphatic heterocycles. The van der Waals surface area contributed by atoms with E-state index in [1.807, 2.05) is 32.0 Å². The lowest BCUT2D eigenvalue weighted by Gasteiger charge is -2.13. The maximum Gasteiger partial charge on any atom is 0.242 e. The van der Waals surface area contributed by atoms with E-state index in [1.54, 1.807) is 35.0 Å². The number of fused-ring (bicyclic) bond motifs is 1. The van der Waals surface area contributed by atoms with Crippen molar-refractivity contribution in [2.75, 3.05) is 19.4 Å². The molecule has 0 aliphatic carbocycles. The van der Waals surface area contributed by atoms with E-state index >= 15 is 0 Å². The molecule has 3 heterocycles. The van der Waals surface area contributed by atoms with Gasteiger partial charge in [0.25, 0.3) is 0 Å². The average molecular weight is 507 g/mol. The second-order valence-electron chi connectivity index (χ2n) is 7.64.